The highest BCUT2D eigenvalue weighted by Gasteiger charge is 2.30. The fourth-order valence-corrected chi connectivity index (χ4v) is 3.26. The maximum atomic E-state index is 12.1. The molecule has 0 radical (unpaired) electrons. The fourth-order valence-electron chi connectivity index (χ4n) is 3.26. The number of benzene rings is 1. The lowest BCUT2D eigenvalue weighted by atomic mass is 9.97. The zero-order chi connectivity index (χ0) is 16.9. The molecule has 1 aliphatic carbocycles. The SMILES string of the molecule is O=C1C[C@H](Cc2ccc(NC(=O)CC3=CCCCC3)cc2)C(=O)N1. The predicted octanol–water partition coefficient (Wildman–Crippen LogP) is 2.72. The second-order valence-electron chi connectivity index (χ2n) is 6.55. The van der Waals surface area contributed by atoms with Gasteiger partial charge in [-0.15, -0.1) is 0 Å². The highest BCUT2D eigenvalue weighted by molar-refractivity contribution is 6.03. The van der Waals surface area contributed by atoms with Gasteiger partial charge in [-0.05, 0) is 49.8 Å². The molecule has 0 bridgehead atoms. The van der Waals surface area contributed by atoms with E-state index in [0.717, 1.165) is 24.1 Å². The molecule has 126 valence electrons. The van der Waals surface area contributed by atoms with Crippen molar-refractivity contribution in [3.05, 3.63) is 41.5 Å². The van der Waals surface area contributed by atoms with Crippen LogP contribution >= 0.6 is 0 Å². The van der Waals surface area contributed by atoms with E-state index in [4.69, 9.17) is 0 Å². The number of rotatable bonds is 5. The molecule has 1 heterocycles. The fraction of sp³-hybridized carbons (Fsp3) is 0.421. The average molecular weight is 326 g/mol. The van der Waals surface area contributed by atoms with Crippen molar-refractivity contribution in [1.82, 2.24) is 5.32 Å². The third kappa shape index (κ3) is 4.31. The van der Waals surface area contributed by atoms with Crippen molar-refractivity contribution in [2.45, 2.75) is 44.9 Å². The molecule has 1 aromatic carbocycles. The van der Waals surface area contributed by atoms with Crippen LogP contribution in [0.15, 0.2) is 35.9 Å². The average Bonchev–Trinajstić information content (AvgIpc) is 2.87. The van der Waals surface area contributed by atoms with Crippen molar-refractivity contribution in [2.24, 2.45) is 5.92 Å². The number of imide groups is 1. The van der Waals surface area contributed by atoms with Gasteiger partial charge in [0.15, 0.2) is 0 Å². The van der Waals surface area contributed by atoms with Gasteiger partial charge in [-0.25, -0.2) is 0 Å². The minimum Gasteiger partial charge on any atom is -0.326 e. The first-order valence-corrected chi connectivity index (χ1v) is 8.50. The molecule has 5 heteroatoms. The summed E-state index contributed by atoms with van der Waals surface area (Å²) in [6.45, 7) is 0. The number of amides is 3. The third-order valence-electron chi connectivity index (χ3n) is 4.56. The molecule has 3 amide bonds. The number of carbonyl (C=O) groups excluding carboxylic acids is 3. The van der Waals surface area contributed by atoms with Crippen LogP contribution in [0, 0.1) is 5.92 Å². The maximum absolute atomic E-state index is 12.1. The number of carbonyl (C=O) groups is 3. The Bertz CT molecular complexity index is 676. The molecule has 3 rings (SSSR count). The van der Waals surface area contributed by atoms with Crippen molar-refractivity contribution in [1.29, 1.82) is 0 Å². The smallest absolute Gasteiger partial charge is 0.230 e. The van der Waals surface area contributed by atoms with E-state index >= 15 is 0 Å². The number of hydrogen-bond acceptors (Lipinski definition) is 3. The minimum absolute atomic E-state index is 0.0108. The molecule has 0 unspecified atom stereocenters. The highest BCUT2D eigenvalue weighted by Crippen LogP contribution is 2.22. The van der Waals surface area contributed by atoms with Crippen molar-refractivity contribution < 1.29 is 14.4 Å². The quantitative estimate of drug-likeness (QED) is 0.645. The van der Waals surface area contributed by atoms with Crippen LogP contribution in [0.2, 0.25) is 0 Å². The number of allylic oxidation sites excluding steroid dienone is 1. The molecule has 1 aliphatic heterocycles. The number of anilines is 1. The van der Waals surface area contributed by atoms with Crippen LogP contribution in [0.5, 0.6) is 0 Å². The zero-order valence-electron chi connectivity index (χ0n) is 13.6. The van der Waals surface area contributed by atoms with E-state index in [1.807, 2.05) is 24.3 Å². The second kappa shape index (κ2) is 7.43. The molecule has 24 heavy (non-hydrogen) atoms. The first-order chi connectivity index (χ1) is 11.6. The summed E-state index contributed by atoms with van der Waals surface area (Å²) in [5, 5.41) is 5.24. The lowest BCUT2D eigenvalue weighted by Crippen LogP contribution is -2.22. The van der Waals surface area contributed by atoms with E-state index < -0.39 is 0 Å². The Morgan fingerprint density at radius 1 is 1.17 bits per heavy atom. The molecular formula is C19H22N2O3. The number of hydrogen-bond donors (Lipinski definition) is 2. The predicted molar refractivity (Wildman–Crippen MR) is 91.2 cm³/mol. The standard InChI is InChI=1S/C19H22N2O3/c22-17(11-13-4-2-1-3-5-13)20-16-8-6-14(7-9-16)10-15-12-18(23)21-19(15)24/h4,6-9,15H,1-3,5,10-12H2,(H,20,22)(H,21,23,24)/t15-/m0/s1. The summed E-state index contributed by atoms with van der Waals surface area (Å²) in [6, 6.07) is 7.48. The van der Waals surface area contributed by atoms with Gasteiger partial charge in [-0.1, -0.05) is 23.8 Å². The summed E-state index contributed by atoms with van der Waals surface area (Å²) < 4.78 is 0. The molecule has 1 fully saturated rings. The van der Waals surface area contributed by atoms with Crippen LogP contribution in [-0.4, -0.2) is 17.7 Å². The van der Waals surface area contributed by atoms with Gasteiger partial charge in [-0.3, -0.25) is 19.7 Å². The van der Waals surface area contributed by atoms with Gasteiger partial charge in [0.1, 0.15) is 0 Å². The van der Waals surface area contributed by atoms with E-state index in [-0.39, 0.29) is 30.1 Å². The molecule has 2 aliphatic rings. The topological polar surface area (TPSA) is 75.3 Å². The van der Waals surface area contributed by atoms with Gasteiger partial charge < -0.3 is 5.32 Å². The summed E-state index contributed by atoms with van der Waals surface area (Å²) in [5.74, 6) is -0.670. The van der Waals surface area contributed by atoms with E-state index in [0.29, 0.717) is 12.8 Å². The lowest BCUT2D eigenvalue weighted by Gasteiger charge is -2.13. The molecule has 0 aromatic heterocycles. The molecule has 1 atom stereocenters. The molecule has 1 saturated heterocycles. The van der Waals surface area contributed by atoms with Gasteiger partial charge in [0.25, 0.3) is 0 Å². The summed E-state index contributed by atoms with van der Waals surface area (Å²) in [6.07, 6.45) is 7.93. The summed E-state index contributed by atoms with van der Waals surface area (Å²) >= 11 is 0. The highest BCUT2D eigenvalue weighted by atomic mass is 16.2. The van der Waals surface area contributed by atoms with Crippen LogP contribution in [-0.2, 0) is 20.8 Å². The van der Waals surface area contributed by atoms with Gasteiger partial charge in [0.05, 0.1) is 5.92 Å². The molecule has 5 nitrogen and oxygen atoms in total. The van der Waals surface area contributed by atoms with Crippen LogP contribution in [0.3, 0.4) is 0 Å². The molecule has 1 aromatic rings. The van der Waals surface area contributed by atoms with Crippen molar-refractivity contribution in [2.75, 3.05) is 5.32 Å². The Morgan fingerprint density at radius 2 is 1.96 bits per heavy atom. The Hall–Kier alpha value is -2.43. The first kappa shape index (κ1) is 16.4. The number of nitrogens with one attached hydrogen (secondary N) is 2. The lowest BCUT2D eigenvalue weighted by molar-refractivity contribution is -0.125. The van der Waals surface area contributed by atoms with Gasteiger partial charge in [-0.2, -0.15) is 0 Å². The van der Waals surface area contributed by atoms with Crippen molar-refractivity contribution >= 4 is 23.4 Å². The molecular weight excluding hydrogens is 304 g/mol. The van der Waals surface area contributed by atoms with Crippen LogP contribution < -0.4 is 10.6 Å². The monoisotopic (exact) mass is 326 g/mol. The Balaban J connectivity index is 1.52. The van der Waals surface area contributed by atoms with Crippen molar-refractivity contribution in [3.63, 3.8) is 0 Å². The molecule has 2 N–H and O–H groups in total. The van der Waals surface area contributed by atoms with Gasteiger partial charge in [0, 0.05) is 18.5 Å². The summed E-state index contributed by atoms with van der Waals surface area (Å²) in [7, 11) is 0. The van der Waals surface area contributed by atoms with Crippen LogP contribution in [0.1, 0.15) is 44.1 Å². The normalized spacial score (nSPS) is 20.5. The summed E-state index contributed by atoms with van der Waals surface area (Å²) in [4.78, 5) is 34.9. The second-order valence-corrected chi connectivity index (χ2v) is 6.55. The maximum Gasteiger partial charge on any atom is 0.230 e. The first-order valence-electron chi connectivity index (χ1n) is 8.50. The van der Waals surface area contributed by atoms with E-state index in [1.165, 1.54) is 18.4 Å². The largest absolute Gasteiger partial charge is 0.326 e. The van der Waals surface area contributed by atoms with Crippen LogP contribution in [0.4, 0.5) is 5.69 Å². The zero-order valence-corrected chi connectivity index (χ0v) is 13.6. The van der Waals surface area contributed by atoms with Crippen LogP contribution in [0.25, 0.3) is 0 Å². The van der Waals surface area contributed by atoms with E-state index in [2.05, 4.69) is 16.7 Å². The molecule has 0 saturated carbocycles. The Morgan fingerprint density at radius 3 is 2.58 bits per heavy atom. The van der Waals surface area contributed by atoms with E-state index in [9.17, 15) is 14.4 Å². The summed E-state index contributed by atoms with van der Waals surface area (Å²) in [5.41, 5.74) is 2.97. The minimum atomic E-state index is -0.281. The van der Waals surface area contributed by atoms with Crippen molar-refractivity contribution in [3.8, 4) is 0 Å². The van der Waals surface area contributed by atoms with Gasteiger partial charge >= 0.3 is 0 Å². The Labute approximate surface area is 141 Å². The third-order valence-corrected chi connectivity index (χ3v) is 4.56. The molecule has 0 spiro atoms. The Kier molecular flexibility index (Phi) is 5.08. The van der Waals surface area contributed by atoms with E-state index in [1.54, 1.807) is 0 Å². The van der Waals surface area contributed by atoms with Gasteiger partial charge in [0.2, 0.25) is 17.7 Å².